The molecule has 0 aliphatic carbocycles. The number of hydrogen-bond acceptors (Lipinski definition) is 7. The maximum absolute atomic E-state index is 13.6. The molecule has 1 aromatic heterocycles. The Morgan fingerprint density at radius 2 is 1.91 bits per heavy atom. The van der Waals surface area contributed by atoms with Gasteiger partial charge in [-0.1, -0.05) is 24.3 Å². The van der Waals surface area contributed by atoms with E-state index in [1.54, 1.807) is 22.9 Å². The lowest BCUT2D eigenvalue weighted by molar-refractivity contribution is -0.135. The molecule has 2 aliphatic rings. The minimum Gasteiger partial charge on any atom is -0.461 e. The Bertz CT molecular complexity index is 1090. The Kier molecular flexibility index (Phi) is 7.20. The second kappa shape index (κ2) is 10.5. The van der Waals surface area contributed by atoms with E-state index in [0.717, 1.165) is 11.4 Å². The number of anilines is 2. The van der Waals surface area contributed by atoms with Crippen molar-refractivity contribution in [3.63, 3.8) is 0 Å². The van der Waals surface area contributed by atoms with E-state index in [2.05, 4.69) is 15.4 Å². The van der Waals surface area contributed by atoms with Crippen LogP contribution in [0.15, 0.2) is 53.6 Å². The highest BCUT2D eigenvalue weighted by molar-refractivity contribution is 6.38. The van der Waals surface area contributed by atoms with E-state index >= 15 is 0 Å². The van der Waals surface area contributed by atoms with E-state index in [-0.39, 0.29) is 36.5 Å². The van der Waals surface area contributed by atoms with Crippen molar-refractivity contribution in [3.05, 3.63) is 54.2 Å². The molecule has 2 amide bonds. The maximum atomic E-state index is 13.6. The number of pyridine rings is 1. The molecule has 1 aromatic carbocycles. The van der Waals surface area contributed by atoms with Crippen molar-refractivity contribution in [3.8, 4) is 0 Å². The molecule has 2 aliphatic heterocycles. The quantitative estimate of drug-likeness (QED) is 0.661. The highest BCUT2D eigenvalue weighted by atomic mass is 16.5. The number of piperidine rings is 1. The average molecular weight is 464 g/mol. The van der Waals surface area contributed by atoms with Crippen molar-refractivity contribution >= 4 is 35.0 Å². The lowest BCUT2D eigenvalue weighted by Crippen LogP contribution is -2.50. The Hall–Kier alpha value is -3.75. The number of ether oxygens (including phenoxy) is 1. The van der Waals surface area contributed by atoms with Crippen LogP contribution in [0.3, 0.4) is 0 Å². The molecule has 9 nitrogen and oxygen atoms in total. The number of nitrogens with zero attached hydrogens (tertiary/aromatic N) is 4. The van der Waals surface area contributed by atoms with Gasteiger partial charge in [0.25, 0.3) is 0 Å². The van der Waals surface area contributed by atoms with Gasteiger partial charge in [-0.25, -0.2) is 9.78 Å². The Morgan fingerprint density at radius 1 is 1.12 bits per heavy atom. The van der Waals surface area contributed by atoms with Gasteiger partial charge in [-0.05, 0) is 51.0 Å². The zero-order valence-electron chi connectivity index (χ0n) is 19.4. The highest BCUT2D eigenvalue weighted by Crippen LogP contribution is 2.28. The first-order chi connectivity index (χ1) is 16.5. The van der Waals surface area contributed by atoms with Crippen LogP contribution in [0, 0.1) is 12.8 Å². The van der Waals surface area contributed by atoms with Gasteiger partial charge in [0.05, 0.1) is 18.2 Å². The topological polar surface area (TPSA) is 104 Å². The maximum Gasteiger partial charge on any atom is 0.354 e. The van der Waals surface area contributed by atoms with Crippen LogP contribution in [0.1, 0.15) is 31.9 Å². The van der Waals surface area contributed by atoms with E-state index in [1.165, 1.54) is 0 Å². The van der Waals surface area contributed by atoms with Crippen molar-refractivity contribution in [1.29, 1.82) is 0 Å². The molecule has 178 valence electrons. The van der Waals surface area contributed by atoms with Gasteiger partial charge in [-0.3, -0.25) is 14.6 Å². The van der Waals surface area contributed by atoms with Gasteiger partial charge in [-0.2, -0.15) is 5.10 Å². The average Bonchev–Trinajstić information content (AvgIpc) is 3.30. The summed E-state index contributed by atoms with van der Waals surface area (Å²) in [4.78, 5) is 44.9. The molecule has 34 heavy (non-hydrogen) atoms. The van der Waals surface area contributed by atoms with Gasteiger partial charge < -0.3 is 15.0 Å². The summed E-state index contributed by atoms with van der Waals surface area (Å²) in [6.45, 7) is 4.70. The fraction of sp³-hybridized carbons (Fsp3) is 0.400. The molecule has 2 unspecified atom stereocenters. The molecule has 1 N–H and O–H groups in total. The van der Waals surface area contributed by atoms with Crippen LogP contribution in [0.2, 0.25) is 0 Å². The second-order valence-corrected chi connectivity index (χ2v) is 8.44. The summed E-state index contributed by atoms with van der Waals surface area (Å²) in [5.41, 5.74) is 1.76. The molecular weight excluding hydrogens is 434 g/mol. The fourth-order valence-corrected chi connectivity index (χ4v) is 4.30. The second-order valence-electron chi connectivity index (χ2n) is 8.44. The van der Waals surface area contributed by atoms with E-state index in [1.807, 2.05) is 49.4 Å². The Labute approximate surface area is 198 Å². The summed E-state index contributed by atoms with van der Waals surface area (Å²) in [5, 5.41) is 8.89. The predicted octanol–water partition coefficient (Wildman–Crippen LogP) is 2.77. The lowest BCUT2D eigenvalue weighted by Gasteiger charge is -2.35. The summed E-state index contributed by atoms with van der Waals surface area (Å²) < 4.78 is 5.12. The van der Waals surface area contributed by atoms with Gasteiger partial charge in [0.15, 0.2) is 0 Å². The minimum atomic E-state index is -0.665. The number of carbonyl (C=O) groups excluding carboxylic acids is 3. The third kappa shape index (κ3) is 5.24. The SMILES string of the molecule is CCOC(=O)C1=NN(c2ccccc2)C(C(=O)N2CCCC(C(=O)Nc3cccc(C)n3)C2)C1. The molecule has 0 spiro atoms. The number of rotatable bonds is 6. The number of para-hydroxylation sites is 1. The van der Waals surface area contributed by atoms with Crippen LogP contribution in [0.4, 0.5) is 11.5 Å². The molecule has 9 heteroatoms. The van der Waals surface area contributed by atoms with E-state index in [9.17, 15) is 14.4 Å². The van der Waals surface area contributed by atoms with Crippen molar-refractivity contribution < 1.29 is 19.1 Å². The normalized spacial score (nSPS) is 20.0. The standard InChI is InChI=1S/C25H29N5O4/c1-3-34-25(33)20-15-21(30(28-20)19-11-5-4-6-12-19)24(32)29-14-8-10-18(16-29)23(31)27-22-13-7-9-17(2)26-22/h4-7,9,11-13,18,21H,3,8,10,14-16H2,1-2H3,(H,26,27,31). The first-order valence-electron chi connectivity index (χ1n) is 11.6. The zero-order chi connectivity index (χ0) is 24.1. The van der Waals surface area contributed by atoms with Crippen LogP contribution < -0.4 is 10.3 Å². The number of nitrogens with one attached hydrogen (secondary N) is 1. The van der Waals surface area contributed by atoms with Gasteiger partial charge in [0.1, 0.15) is 17.6 Å². The van der Waals surface area contributed by atoms with Gasteiger partial charge in [0, 0.05) is 25.2 Å². The number of amides is 2. The van der Waals surface area contributed by atoms with Crippen LogP contribution in [0.25, 0.3) is 0 Å². The third-order valence-corrected chi connectivity index (χ3v) is 5.97. The van der Waals surface area contributed by atoms with Crippen LogP contribution in [0.5, 0.6) is 0 Å². The monoisotopic (exact) mass is 463 g/mol. The minimum absolute atomic E-state index is 0.148. The van der Waals surface area contributed by atoms with Gasteiger partial charge in [-0.15, -0.1) is 0 Å². The number of aryl methyl sites for hydroxylation is 1. The van der Waals surface area contributed by atoms with E-state index < -0.39 is 12.0 Å². The Morgan fingerprint density at radius 3 is 2.65 bits per heavy atom. The molecular formula is C25H29N5O4. The molecule has 0 radical (unpaired) electrons. The predicted molar refractivity (Wildman–Crippen MR) is 128 cm³/mol. The summed E-state index contributed by atoms with van der Waals surface area (Å²) >= 11 is 0. The van der Waals surface area contributed by atoms with Crippen LogP contribution in [-0.2, 0) is 19.1 Å². The summed E-state index contributed by atoms with van der Waals surface area (Å²) in [5.74, 6) is -0.646. The highest BCUT2D eigenvalue weighted by Gasteiger charge is 2.40. The molecule has 0 bridgehead atoms. The van der Waals surface area contributed by atoms with E-state index in [4.69, 9.17) is 4.74 Å². The molecule has 3 heterocycles. The third-order valence-electron chi connectivity index (χ3n) is 5.97. The number of hydrazone groups is 1. The van der Waals surface area contributed by atoms with Crippen LogP contribution >= 0.6 is 0 Å². The smallest absolute Gasteiger partial charge is 0.354 e. The van der Waals surface area contributed by atoms with Gasteiger partial charge >= 0.3 is 5.97 Å². The number of carbonyl (C=O) groups is 3. The zero-order valence-corrected chi connectivity index (χ0v) is 19.4. The number of likely N-dealkylation sites (tertiary alicyclic amines) is 1. The van der Waals surface area contributed by atoms with E-state index in [0.29, 0.717) is 31.7 Å². The first kappa shape index (κ1) is 23.4. The molecule has 0 saturated carbocycles. The molecule has 1 fully saturated rings. The molecule has 2 atom stereocenters. The van der Waals surface area contributed by atoms with Crippen molar-refractivity contribution in [2.45, 2.75) is 39.2 Å². The van der Waals surface area contributed by atoms with Crippen LogP contribution in [-0.4, -0.2) is 59.1 Å². The van der Waals surface area contributed by atoms with Crippen molar-refractivity contribution in [2.75, 3.05) is 30.0 Å². The Balaban J connectivity index is 1.48. The summed E-state index contributed by atoms with van der Waals surface area (Å²) in [6, 6.07) is 14.1. The first-order valence-corrected chi connectivity index (χ1v) is 11.6. The van der Waals surface area contributed by atoms with Crippen molar-refractivity contribution in [1.82, 2.24) is 9.88 Å². The van der Waals surface area contributed by atoms with Crippen molar-refractivity contribution in [2.24, 2.45) is 11.0 Å². The fourth-order valence-electron chi connectivity index (χ4n) is 4.30. The lowest BCUT2D eigenvalue weighted by atomic mass is 9.96. The molecule has 4 rings (SSSR count). The largest absolute Gasteiger partial charge is 0.461 e. The summed E-state index contributed by atoms with van der Waals surface area (Å²) in [7, 11) is 0. The molecule has 2 aromatic rings. The number of aromatic nitrogens is 1. The number of hydrogen-bond donors (Lipinski definition) is 1. The number of benzene rings is 1. The summed E-state index contributed by atoms with van der Waals surface area (Å²) in [6.07, 6.45) is 1.57. The number of esters is 1. The van der Waals surface area contributed by atoms with Gasteiger partial charge in [0.2, 0.25) is 11.8 Å². The molecule has 1 saturated heterocycles.